The molecule has 40 heavy (non-hydrogen) atoms. The second-order valence-corrected chi connectivity index (χ2v) is 11.7. The molecule has 1 aliphatic carbocycles. The SMILES string of the molecule is CCCCC(C)[C@H](C=C[C@@H]1[C@@H]([C@@H](F)C=CCCCC(=O)OC)[C@@H](O)C[C@H]1OC1CCCCO1)OC1CCCCO1. The number of alkyl halides is 1. The monoisotopic (exact) mass is 568 g/mol. The van der Waals surface area contributed by atoms with Gasteiger partial charge in [-0.3, -0.25) is 4.79 Å². The fourth-order valence-electron chi connectivity index (χ4n) is 6.01. The number of hydrogen-bond acceptors (Lipinski definition) is 7. The van der Waals surface area contributed by atoms with Gasteiger partial charge in [0.2, 0.25) is 0 Å². The number of allylic oxidation sites excluding steroid dienone is 2. The van der Waals surface area contributed by atoms with Gasteiger partial charge in [-0.25, -0.2) is 4.39 Å². The van der Waals surface area contributed by atoms with Crippen LogP contribution >= 0.6 is 0 Å². The second-order valence-electron chi connectivity index (χ2n) is 11.7. The van der Waals surface area contributed by atoms with E-state index < -0.39 is 18.2 Å². The van der Waals surface area contributed by atoms with Gasteiger partial charge < -0.3 is 28.8 Å². The van der Waals surface area contributed by atoms with Crippen molar-refractivity contribution in [3.8, 4) is 0 Å². The van der Waals surface area contributed by atoms with E-state index in [1.807, 2.05) is 6.08 Å². The zero-order chi connectivity index (χ0) is 28.7. The number of aliphatic hydroxyl groups excluding tert-OH is 1. The lowest BCUT2D eigenvalue weighted by Crippen LogP contribution is -2.34. The van der Waals surface area contributed by atoms with E-state index >= 15 is 4.39 Å². The van der Waals surface area contributed by atoms with E-state index in [9.17, 15) is 9.90 Å². The van der Waals surface area contributed by atoms with E-state index in [0.29, 0.717) is 38.9 Å². The van der Waals surface area contributed by atoms with Crippen LogP contribution in [0.25, 0.3) is 0 Å². The highest BCUT2D eigenvalue weighted by Crippen LogP contribution is 2.41. The molecule has 8 heteroatoms. The van der Waals surface area contributed by atoms with Gasteiger partial charge in [0.15, 0.2) is 12.6 Å². The highest BCUT2D eigenvalue weighted by molar-refractivity contribution is 5.69. The second kappa shape index (κ2) is 18.3. The van der Waals surface area contributed by atoms with Gasteiger partial charge in [0.1, 0.15) is 6.17 Å². The molecule has 0 aromatic heterocycles. The van der Waals surface area contributed by atoms with Crippen molar-refractivity contribution in [3.63, 3.8) is 0 Å². The van der Waals surface area contributed by atoms with E-state index in [-0.39, 0.29) is 42.6 Å². The number of aliphatic hydroxyl groups is 1. The van der Waals surface area contributed by atoms with Crippen LogP contribution in [0.4, 0.5) is 4.39 Å². The molecule has 9 atom stereocenters. The molecule has 0 spiro atoms. The van der Waals surface area contributed by atoms with Crippen LogP contribution in [0.3, 0.4) is 0 Å². The molecule has 0 aromatic rings. The van der Waals surface area contributed by atoms with Crippen molar-refractivity contribution >= 4 is 5.97 Å². The predicted octanol–water partition coefficient (Wildman–Crippen LogP) is 6.43. The molecule has 0 aromatic carbocycles. The quantitative estimate of drug-likeness (QED) is 0.131. The Morgan fingerprint density at radius 2 is 1.80 bits per heavy atom. The first-order valence-corrected chi connectivity index (χ1v) is 15.7. The number of ether oxygens (including phenoxy) is 5. The first-order chi connectivity index (χ1) is 19.4. The molecule has 2 aliphatic heterocycles. The van der Waals surface area contributed by atoms with Crippen molar-refractivity contribution in [2.24, 2.45) is 17.8 Å². The Balaban J connectivity index is 1.75. The van der Waals surface area contributed by atoms with Gasteiger partial charge in [-0.2, -0.15) is 0 Å². The van der Waals surface area contributed by atoms with Gasteiger partial charge in [-0.1, -0.05) is 51.0 Å². The van der Waals surface area contributed by atoms with Crippen molar-refractivity contribution < 1.29 is 38.0 Å². The normalized spacial score (nSPS) is 31.9. The van der Waals surface area contributed by atoms with Crippen molar-refractivity contribution in [1.82, 2.24) is 0 Å². The molecular formula is C32H53FO7. The number of unbranched alkanes of at least 4 members (excludes halogenated alkanes) is 2. The number of methoxy groups -OCH3 is 1. The van der Waals surface area contributed by atoms with Gasteiger partial charge in [0, 0.05) is 37.9 Å². The van der Waals surface area contributed by atoms with E-state index in [0.717, 1.165) is 57.8 Å². The van der Waals surface area contributed by atoms with Crippen LogP contribution in [0.1, 0.15) is 97.3 Å². The van der Waals surface area contributed by atoms with Crippen LogP contribution in [0.2, 0.25) is 0 Å². The number of carbonyl (C=O) groups is 1. The summed E-state index contributed by atoms with van der Waals surface area (Å²) in [5.74, 6) is -0.954. The Hall–Kier alpha value is -1.32. The summed E-state index contributed by atoms with van der Waals surface area (Å²) in [6.45, 7) is 5.77. The minimum atomic E-state index is -1.35. The smallest absolute Gasteiger partial charge is 0.305 e. The summed E-state index contributed by atoms with van der Waals surface area (Å²) >= 11 is 0. The fourth-order valence-corrected chi connectivity index (χ4v) is 6.01. The van der Waals surface area contributed by atoms with Crippen LogP contribution in [-0.2, 0) is 28.5 Å². The van der Waals surface area contributed by atoms with Crippen LogP contribution in [0.15, 0.2) is 24.3 Å². The van der Waals surface area contributed by atoms with E-state index in [2.05, 4.69) is 24.7 Å². The molecule has 2 heterocycles. The Kier molecular flexibility index (Phi) is 15.2. The highest BCUT2D eigenvalue weighted by atomic mass is 19.1. The average molecular weight is 569 g/mol. The largest absolute Gasteiger partial charge is 0.469 e. The summed E-state index contributed by atoms with van der Waals surface area (Å²) < 4.78 is 44.9. The van der Waals surface area contributed by atoms with Crippen LogP contribution in [0, 0.1) is 17.8 Å². The summed E-state index contributed by atoms with van der Waals surface area (Å²) in [6.07, 6.45) is 15.1. The Morgan fingerprint density at radius 3 is 2.45 bits per heavy atom. The summed E-state index contributed by atoms with van der Waals surface area (Å²) in [7, 11) is 1.37. The first-order valence-electron chi connectivity index (χ1n) is 15.7. The Labute approximate surface area is 240 Å². The third-order valence-corrected chi connectivity index (χ3v) is 8.47. The molecule has 1 saturated carbocycles. The van der Waals surface area contributed by atoms with Crippen LogP contribution < -0.4 is 0 Å². The molecule has 0 amide bonds. The van der Waals surface area contributed by atoms with Crippen molar-refractivity contribution in [2.75, 3.05) is 20.3 Å². The molecule has 3 aliphatic rings. The van der Waals surface area contributed by atoms with Crippen molar-refractivity contribution in [1.29, 1.82) is 0 Å². The zero-order valence-corrected chi connectivity index (χ0v) is 24.9. The summed E-state index contributed by atoms with van der Waals surface area (Å²) in [4.78, 5) is 11.4. The maximum atomic E-state index is 15.7. The van der Waals surface area contributed by atoms with E-state index in [4.69, 9.17) is 18.9 Å². The molecule has 0 bridgehead atoms. The minimum Gasteiger partial charge on any atom is -0.469 e. The Morgan fingerprint density at radius 1 is 1.07 bits per heavy atom. The third-order valence-electron chi connectivity index (χ3n) is 8.47. The lowest BCUT2D eigenvalue weighted by atomic mass is 9.87. The molecule has 2 saturated heterocycles. The molecular weight excluding hydrogens is 515 g/mol. The topological polar surface area (TPSA) is 83.5 Å². The van der Waals surface area contributed by atoms with Gasteiger partial charge in [0.05, 0.1) is 25.4 Å². The number of hydrogen-bond donors (Lipinski definition) is 1. The molecule has 3 fully saturated rings. The highest BCUT2D eigenvalue weighted by Gasteiger charge is 2.46. The van der Waals surface area contributed by atoms with Gasteiger partial charge >= 0.3 is 5.97 Å². The fraction of sp³-hybridized carbons (Fsp3) is 0.844. The predicted molar refractivity (Wildman–Crippen MR) is 152 cm³/mol. The van der Waals surface area contributed by atoms with E-state index in [1.54, 1.807) is 6.08 Å². The lowest BCUT2D eigenvalue weighted by molar-refractivity contribution is -0.193. The maximum Gasteiger partial charge on any atom is 0.305 e. The minimum absolute atomic E-state index is 0.161. The van der Waals surface area contributed by atoms with Crippen LogP contribution in [-0.4, -0.2) is 68.5 Å². The third kappa shape index (κ3) is 10.8. The summed E-state index contributed by atoms with van der Waals surface area (Å²) in [6, 6.07) is 0. The van der Waals surface area contributed by atoms with Gasteiger partial charge in [-0.05, 0) is 63.7 Å². The maximum absolute atomic E-state index is 15.7. The van der Waals surface area contributed by atoms with Crippen molar-refractivity contribution in [2.45, 2.75) is 134 Å². The number of carbonyl (C=O) groups excluding carboxylic acids is 1. The van der Waals surface area contributed by atoms with Crippen molar-refractivity contribution in [3.05, 3.63) is 24.3 Å². The standard InChI is InChI=1S/C32H53FO7/c1-4-5-13-23(2)27(39-30-16-9-11-20-37-30)19-18-24-28(40-31-17-10-12-21-38-31)22-26(34)32(24)25(33)14-7-6-8-15-29(35)36-3/h7,14,18-19,23-28,30-32,34H,4-6,8-13,15-17,20-22H2,1-3H3/t23?,24-,25-,26-,27-,28+,30?,31?,32-/m0/s1. The molecule has 3 rings (SSSR count). The zero-order valence-electron chi connectivity index (χ0n) is 24.9. The molecule has 3 unspecified atom stereocenters. The summed E-state index contributed by atoms with van der Waals surface area (Å²) in [5, 5.41) is 11.0. The molecule has 230 valence electrons. The lowest BCUT2D eigenvalue weighted by Gasteiger charge is -2.31. The number of esters is 1. The molecule has 7 nitrogen and oxygen atoms in total. The first kappa shape index (κ1) is 33.2. The number of rotatable bonds is 16. The Bertz CT molecular complexity index is 762. The van der Waals surface area contributed by atoms with Gasteiger partial charge in [0.25, 0.3) is 0 Å². The summed E-state index contributed by atoms with van der Waals surface area (Å²) in [5.41, 5.74) is 0. The molecule has 0 radical (unpaired) electrons. The van der Waals surface area contributed by atoms with Crippen LogP contribution in [0.5, 0.6) is 0 Å². The van der Waals surface area contributed by atoms with Gasteiger partial charge in [-0.15, -0.1) is 0 Å². The average Bonchev–Trinajstić information content (AvgIpc) is 3.28. The number of halogens is 1. The molecule has 1 N–H and O–H groups in total. The van der Waals surface area contributed by atoms with E-state index in [1.165, 1.54) is 13.2 Å².